The molecule has 15 heavy (non-hydrogen) atoms. The van der Waals surface area contributed by atoms with Gasteiger partial charge in [-0.25, -0.2) is 0 Å². The lowest BCUT2D eigenvalue weighted by atomic mass is 9.91. The van der Waals surface area contributed by atoms with Gasteiger partial charge in [0, 0.05) is 18.5 Å². The number of unbranched alkanes of at least 4 members (excludes halogenated alkanes) is 2. The normalized spacial score (nSPS) is 26.3. The molecule has 0 saturated heterocycles. The molecular formula is C12H24N2O. The van der Waals surface area contributed by atoms with Gasteiger partial charge in [-0.2, -0.15) is 0 Å². The number of amides is 1. The summed E-state index contributed by atoms with van der Waals surface area (Å²) >= 11 is 0. The first-order valence-corrected chi connectivity index (χ1v) is 6.29. The smallest absolute Gasteiger partial charge is 0.220 e. The summed E-state index contributed by atoms with van der Waals surface area (Å²) in [4.78, 5) is 11.6. The maximum atomic E-state index is 11.6. The monoisotopic (exact) mass is 212 g/mol. The van der Waals surface area contributed by atoms with Gasteiger partial charge in [-0.15, -0.1) is 0 Å². The summed E-state index contributed by atoms with van der Waals surface area (Å²) in [6.07, 6.45) is 8.50. The second-order valence-electron chi connectivity index (χ2n) is 4.58. The molecule has 3 nitrogen and oxygen atoms in total. The molecule has 1 rings (SSSR count). The van der Waals surface area contributed by atoms with Crippen LogP contribution in [0.2, 0.25) is 0 Å². The van der Waals surface area contributed by atoms with Crippen molar-refractivity contribution in [2.45, 2.75) is 70.4 Å². The first-order valence-electron chi connectivity index (χ1n) is 6.29. The molecule has 0 radical (unpaired) electrons. The first-order chi connectivity index (χ1) is 7.24. The quantitative estimate of drug-likeness (QED) is 0.684. The summed E-state index contributed by atoms with van der Waals surface area (Å²) in [6, 6.07) is 0.404. The molecule has 1 aliphatic carbocycles. The number of nitrogens with two attached hydrogens (primary N) is 1. The number of carbonyl (C=O) groups is 1. The first kappa shape index (κ1) is 12.5. The molecule has 0 aromatic rings. The topological polar surface area (TPSA) is 55.1 Å². The molecule has 0 aromatic heterocycles. The van der Waals surface area contributed by atoms with Gasteiger partial charge >= 0.3 is 0 Å². The Morgan fingerprint density at radius 1 is 1.33 bits per heavy atom. The summed E-state index contributed by atoms with van der Waals surface area (Å²) < 4.78 is 0. The molecule has 2 atom stereocenters. The summed E-state index contributed by atoms with van der Waals surface area (Å²) in [5.74, 6) is 0.186. The van der Waals surface area contributed by atoms with Crippen LogP contribution in [0.3, 0.4) is 0 Å². The average molecular weight is 212 g/mol. The van der Waals surface area contributed by atoms with E-state index in [1.165, 1.54) is 12.8 Å². The summed E-state index contributed by atoms with van der Waals surface area (Å²) in [5.41, 5.74) is 5.97. The van der Waals surface area contributed by atoms with Gasteiger partial charge in [-0.1, -0.05) is 32.6 Å². The van der Waals surface area contributed by atoms with E-state index in [1.807, 2.05) is 0 Å². The molecule has 1 saturated carbocycles. The van der Waals surface area contributed by atoms with Gasteiger partial charge in [0.25, 0.3) is 0 Å². The van der Waals surface area contributed by atoms with Gasteiger partial charge in [0.2, 0.25) is 5.91 Å². The second-order valence-corrected chi connectivity index (χ2v) is 4.58. The van der Waals surface area contributed by atoms with E-state index in [-0.39, 0.29) is 18.0 Å². The summed E-state index contributed by atoms with van der Waals surface area (Å²) in [6.45, 7) is 2.15. The fourth-order valence-electron chi connectivity index (χ4n) is 2.15. The van der Waals surface area contributed by atoms with Gasteiger partial charge in [0.05, 0.1) is 0 Å². The van der Waals surface area contributed by atoms with Gasteiger partial charge in [0.1, 0.15) is 0 Å². The number of hydrogen-bond donors (Lipinski definition) is 2. The van der Waals surface area contributed by atoms with Crippen molar-refractivity contribution < 1.29 is 4.79 Å². The molecule has 1 amide bonds. The lowest BCUT2D eigenvalue weighted by Gasteiger charge is -2.29. The fourth-order valence-corrected chi connectivity index (χ4v) is 2.15. The van der Waals surface area contributed by atoms with E-state index < -0.39 is 0 Å². The fraction of sp³-hybridized carbons (Fsp3) is 0.917. The van der Waals surface area contributed by atoms with E-state index in [0.717, 1.165) is 32.1 Å². The van der Waals surface area contributed by atoms with Crippen molar-refractivity contribution >= 4 is 5.91 Å². The minimum atomic E-state index is 0.175. The predicted molar refractivity (Wildman–Crippen MR) is 62.5 cm³/mol. The van der Waals surface area contributed by atoms with E-state index in [1.54, 1.807) is 0 Å². The van der Waals surface area contributed by atoms with Crippen LogP contribution in [0.1, 0.15) is 58.3 Å². The zero-order valence-corrected chi connectivity index (χ0v) is 9.80. The zero-order valence-electron chi connectivity index (χ0n) is 9.80. The Morgan fingerprint density at radius 3 is 2.73 bits per heavy atom. The number of nitrogens with one attached hydrogen (secondary N) is 1. The minimum Gasteiger partial charge on any atom is -0.352 e. The maximum Gasteiger partial charge on any atom is 0.220 e. The molecule has 0 unspecified atom stereocenters. The third-order valence-electron chi connectivity index (χ3n) is 3.17. The van der Waals surface area contributed by atoms with E-state index in [2.05, 4.69) is 12.2 Å². The molecule has 0 bridgehead atoms. The lowest BCUT2D eigenvalue weighted by Crippen LogP contribution is -2.49. The van der Waals surface area contributed by atoms with Crippen LogP contribution in [0.15, 0.2) is 0 Å². The second kappa shape index (κ2) is 6.83. The lowest BCUT2D eigenvalue weighted by molar-refractivity contribution is -0.122. The van der Waals surface area contributed by atoms with Crippen LogP contribution >= 0.6 is 0 Å². The zero-order chi connectivity index (χ0) is 11.1. The van der Waals surface area contributed by atoms with Crippen LogP contribution in [0, 0.1) is 0 Å². The molecule has 1 fully saturated rings. The van der Waals surface area contributed by atoms with Crippen LogP contribution in [0.4, 0.5) is 0 Å². The van der Waals surface area contributed by atoms with Crippen LogP contribution in [-0.2, 0) is 4.79 Å². The van der Waals surface area contributed by atoms with Gasteiger partial charge in [-0.05, 0) is 19.3 Å². The van der Waals surface area contributed by atoms with Crippen molar-refractivity contribution in [1.82, 2.24) is 5.32 Å². The third kappa shape index (κ3) is 4.65. The van der Waals surface area contributed by atoms with Crippen molar-refractivity contribution in [2.75, 3.05) is 0 Å². The van der Waals surface area contributed by atoms with E-state index >= 15 is 0 Å². The van der Waals surface area contributed by atoms with Crippen molar-refractivity contribution in [3.05, 3.63) is 0 Å². The van der Waals surface area contributed by atoms with Gasteiger partial charge < -0.3 is 11.1 Å². The number of carbonyl (C=O) groups excluding carboxylic acids is 1. The standard InChI is InChI=1S/C12H24N2O/c1-2-3-4-9-12(15)14-11-8-6-5-7-10(11)13/h10-11H,2-9,13H2,1H3,(H,14,15)/t10-,11-/m1/s1. The number of rotatable bonds is 5. The minimum absolute atomic E-state index is 0.175. The Balaban J connectivity index is 2.18. The van der Waals surface area contributed by atoms with Crippen molar-refractivity contribution in [3.63, 3.8) is 0 Å². The van der Waals surface area contributed by atoms with E-state index in [0.29, 0.717) is 6.42 Å². The van der Waals surface area contributed by atoms with Crippen LogP contribution in [-0.4, -0.2) is 18.0 Å². The Morgan fingerprint density at radius 2 is 2.07 bits per heavy atom. The largest absolute Gasteiger partial charge is 0.352 e. The predicted octanol–water partition coefficient (Wildman–Crippen LogP) is 1.95. The summed E-state index contributed by atoms with van der Waals surface area (Å²) in [7, 11) is 0. The van der Waals surface area contributed by atoms with Crippen molar-refractivity contribution in [2.24, 2.45) is 5.73 Å². The van der Waals surface area contributed by atoms with E-state index in [9.17, 15) is 4.79 Å². The highest BCUT2D eigenvalue weighted by molar-refractivity contribution is 5.76. The van der Waals surface area contributed by atoms with Crippen LogP contribution < -0.4 is 11.1 Å². The Kier molecular flexibility index (Phi) is 5.69. The Labute approximate surface area is 92.8 Å². The molecular weight excluding hydrogens is 188 g/mol. The molecule has 3 N–H and O–H groups in total. The Bertz CT molecular complexity index is 194. The SMILES string of the molecule is CCCCCC(=O)N[C@@H]1CCCC[C@H]1N. The highest BCUT2D eigenvalue weighted by Crippen LogP contribution is 2.17. The summed E-state index contributed by atoms with van der Waals surface area (Å²) in [5, 5.41) is 3.06. The average Bonchev–Trinajstić information content (AvgIpc) is 2.22. The highest BCUT2D eigenvalue weighted by Gasteiger charge is 2.22. The third-order valence-corrected chi connectivity index (χ3v) is 3.17. The molecule has 0 heterocycles. The van der Waals surface area contributed by atoms with Crippen LogP contribution in [0.5, 0.6) is 0 Å². The molecule has 0 aliphatic heterocycles. The molecule has 3 heteroatoms. The van der Waals surface area contributed by atoms with E-state index in [4.69, 9.17) is 5.73 Å². The van der Waals surface area contributed by atoms with Crippen molar-refractivity contribution in [1.29, 1.82) is 0 Å². The molecule has 1 aliphatic rings. The van der Waals surface area contributed by atoms with Gasteiger partial charge in [0.15, 0.2) is 0 Å². The number of hydrogen-bond acceptors (Lipinski definition) is 2. The van der Waals surface area contributed by atoms with Crippen LogP contribution in [0.25, 0.3) is 0 Å². The molecule has 88 valence electrons. The highest BCUT2D eigenvalue weighted by atomic mass is 16.1. The molecule has 0 spiro atoms. The van der Waals surface area contributed by atoms with Crippen molar-refractivity contribution in [3.8, 4) is 0 Å². The van der Waals surface area contributed by atoms with Gasteiger partial charge in [-0.3, -0.25) is 4.79 Å². The molecule has 0 aromatic carbocycles. The maximum absolute atomic E-state index is 11.6. The Hall–Kier alpha value is -0.570.